The van der Waals surface area contributed by atoms with E-state index >= 15 is 0 Å². The summed E-state index contributed by atoms with van der Waals surface area (Å²) >= 11 is 0. The molecule has 1 heterocycles. The number of esters is 1. The van der Waals surface area contributed by atoms with Gasteiger partial charge in [0.25, 0.3) is 0 Å². The summed E-state index contributed by atoms with van der Waals surface area (Å²) in [5.74, 6) is -2.26. The highest BCUT2D eigenvalue weighted by molar-refractivity contribution is 5.77. The molecule has 0 spiro atoms. The third kappa shape index (κ3) is 1.97. The van der Waals surface area contributed by atoms with Crippen molar-refractivity contribution >= 4 is 5.97 Å². The van der Waals surface area contributed by atoms with Crippen LogP contribution in [0.2, 0.25) is 0 Å². The third-order valence-corrected chi connectivity index (χ3v) is 0.938. The van der Waals surface area contributed by atoms with E-state index in [9.17, 15) is 18.0 Å². The van der Waals surface area contributed by atoms with Crippen molar-refractivity contribution in [1.29, 1.82) is 0 Å². The van der Waals surface area contributed by atoms with Crippen molar-refractivity contribution in [2.24, 2.45) is 0 Å². The number of H-pyrrole nitrogens is 2. The Morgan fingerprint density at radius 1 is 1.58 bits per heavy atom. The fourth-order valence-electron chi connectivity index (χ4n) is 0.486. The lowest BCUT2D eigenvalue weighted by Crippen LogP contribution is -2.29. The van der Waals surface area contributed by atoms with Gasteiger partial charge in [-0.2, -0.15) is 13.2 Å². The molecule has 66 valence electrons. The SMILES string of the molecule is O=C(Oc1[nH]cc[nH+]1)C(F)(F)F. The summed E-state index contributed by atoms with van der Waals surface area (Å²) in [6, 6.07) is -0.350. The maximum absolute atomic E-state index is 11.5. The zero-order chi connectivity index (χ0) is 9.19. The van der Waals surface area contributed by atoms with Crippen LogP contribution < -0.4 is 9.72 Å². The van der Waals surface area contributed by atoms with Crippen molar-refractivity contribution in [1.82, 2.24) is 4.98 Å². The van der Waals surface area contributed by atoms with E-state index in [1.165, 1.54) is 12.4 Å². The van der Waals surface area contributed by atoms with E-state index in [4.69, 9.17) is 0 Å². The zero-order valence-corrected chi connectivity index (χ0v) is 5.61. The van der Waals surface area contributed by atoms with Gasteiger partial charge in [-0.1, -0.05) is 0 Å². The van der Waals surface area contributed by atoms with Crippen molar-refractivity contribution in [3.63, 3.8) is 0 Å². The van der Waals surface area contributed by atoms with E-state index < -0.39 is 12.1 Å². The average molecular weight is 181 g/mol. The fraction of sp³-hybridized carbons (Fsp3) is 0.200. The van der Waals surface area contributed by atoms with Crippen molar-refractivity contribution in [3.8, 4) is 6.01 Å². The lowest BCUT2D eigenvalue weighted by atomic mass is 10.7. The first kappa shape index (κ1) is 8.57. The minimum Gasteiger partial charge on any atom is -0.350 e. The third-order valence-electron chi connectivity index (χ3n) is 0.938. The van der Waals surface area contributed by atoms with E-state index in [1.54, 1.807) is 0 Å². The predicted molar refractivity (Wildman–Crippen MR) is 29.0 cm³/mol. The minimum atomic E-state index is -4.97. The molecule has 0 radical (unpaired) electrons. The van der Waals surface area contributed by atoms with E-state index in [-0.39, 0.29) is 6.01 Å². The van der Waals surface area contributed by atoms with Gasteiger partial charge < -0.3 is 4.74 Å². The van der Waals surface area contributed by atoms with Crippen molar-refractivity contribution in [2.75, 3.05) is 0 Å². The maximum atomic E-state index is 11.5. The molecule has 0 saturated heterocycles. The van der Waals surface area contributed by atoms with Crippen molar-refractivity contribution in [3.05, 3.63) is 12.4 Å². The highest BCUT2D eigenvalue weighted by atomic mass is 19.4. The first-order chi connectivity index (χ1) is 5.50. The molecule has 4 nitrogen and oxygen atoms in total. The van der Waals surface area contributed by atoms with Gasteiger partial charge in [0.05, 0.1) is 0 Å². The second-order valence-corrected chi connectivity index (χ2v) is 1.84. The van der Waals surface area contributed by atoms with Crippen LogP contribution in [0.25, 0.3) is 0 Å². The number of ether oxygens (including phenoxy) is 1. The molecule has 0 aliphatic carbocycles. The Balaban J connectivity index is 2.60. The summed E-state index contributed by atoms with van der Waals surface area (Å²) < 4.78 is 38.5. The molecule has 0 bridgehead atoms. The van der Waals surface area contributed by atoms with Crippen LogP contribution in [0.1, 0.15) is 0 Å². The second-order valence-electron chi connectivity index (χ2n) is 1.84. The molecule has 0 saturated carbocycles. The Morgan fingerprint density at radius 2 is 2.25 bits per heavy atom. The van der Waals surface area contributed by atoms with Crippen molar-refractivity contribution in [2.45, 2.75) is 6.18 Å². The number of hydrogen-bond donors (Lipinski definition) is 1. The lowest BCUT2D eigenvalue weighted by molar-refractivity contribution is -0.390. The second kappa shape index (κ2) is 2.84. The number of hydrogen-bond acceptors (Lipinski definition) is 2. The molecule has 12 heavy (non-hydrogen) atoms. The van der Waals surface area contributed by atoms with E-state index in [0.717, 1.165) is 0 Å². The van der Waals surface area contributed by atoms with Crippen LogP contribution >= 0.6 is 0 Å². The summed E-state index contributed by atoms with van der Waals surface area (Å²) in [7, 11) is 0. The number of rotatable bonds is 1. The molecule has 1 aromatic heterocycles. The molecule has 7 heteroatoms. The summed E-state index contributed by atoms with van der Waals surface area (Å²) in [5.41, 5.74) is 0. The van der Waals surface area contributed by atoms with Crippen LogP contribution in [-0.2, 0) is 4.79 Å². The van der Waals surface area contributed by atoms with Gasteiger partial charge in [-0.25, -0.2) is 14.8 Å². The quantitative estimate of drug-likeness (QED) is 0.633. The standard InChI is InChI=1S/C5H3F3N2O2/c6-5(7,8)3(11)12-4-9-1-2-10-4/h1-2H,(H,9,10)/p+1. The van der Waals surface area contributed by atoms with Crippen LogP contribution in [0.4, 0.5) is 13.2 Å². The molecule has 0 fully saturated rings. The first-order valence-corrected chi connectivity index (χ1v) is 2.84. The fourth-order valence-corrected chi connectivity index (χ4v) is 0.486. The minimum absolute atomic E-state index is 0.350. The predicted octanol–water partition coefficient (Wildman–Crippen LogP) is 0.296. The largest absolute Gasteiger partial charge is 0.491 e. The number of aromatic nitrogens is 2. The van der Waals surface area contributed by atoms with Gasteiger partial charge in [0.15, 0.2) is 0 Å². The number of halogens is 3. The van der Waals surface area contributed by atoms with Gasteiger partial charge in [0, 0.05) is 0 Å². The Hall–Kier alpha value is -1.53. The number of imidazole rings is 1. The molecule has 0 amide bonds. The molecule has 0 aliphatic heterocycles. The molecule has 0 unspecified atom stereocenters. The van der Waals surface area contributed by atoms with Gasteiger partial charge in [-0.3, -0.25) is 0 Å². The van der Waals surface area contributed by atoms with Gasteiger partial charge in [0.1, 0.15) is 12.4 Å². The van der Waals surface area contributed by atoms with E-state index in [0.29, 0.717) is 0 Å². The normalized spacial score (nSPS) is 11.2. The summed E-state index contributed by atoms with van der Waals surface area (Å²) in [6.07, 6.45) is -2.39. The molecular weight excluding hydrogens is 177 g/mol. The summed E-state index contributed by atoms with van der Waals surface area (Å²) in [4.78, 5) is 14.6. The van der Waals surface area contributed by atoms with Crippen LogP contribution in [0, 0.1) is 0 Å². The molecule has 0 aromatic carbocycles. The summed E-state index contributed by atoms with van der Waals surface area (Å²) in [5, 5.41) is 0. The summed E-state index contributed by atoms with van der Waals surface area (Å²) in [6.45, 7) is 0. The molecule has 0 aliphatic rings. The van der Waals surface area contributed by atoms with Crippen LogP contribution in [0.3, 0.4) is 0 Å². The molecule has 0 atom stereocenters. The number of alkyl halides is 3. The lowest BCUT2D eigenvalue weighted by Gasteiger charge is -2.00. The Labute approximate surface area is 64.4 Å². The number of aromatic amines is 2. The number of nitrogens with one attached hydrogen (secondary N) is 2. The zero-order valence-electron chi connectivity index (χ0n) is 5.61. The molecule has 1 aromatic rings. The first-order valence-electron chi connectivity index (χ1n) is 2.84. The molecule has 2 N–H and O–H groups in total. The van der Waals surface area contributed by atoms with Crippen LogP contribution in [-0.4, -0.2) is 17.1 Å². The average Bonchev–Trinajstić information content (AvgIpc) is 2.37. The number of carbonyl (C=O) groups excluding carboxylic acids is 1. The highest BCUT2D eigenvalue weighted by Crippen LogP contribution is 2.16. The topological polar surface area (TPSA) is 56.2 Å². The smallest absolute Gasteiger partial charge is 0.350 e. The van der Waals surface area contributed by atoms with E-state index in [2.05, 4.69) is 14.7 Å². The maximum Gasteiger partial charge on any atom is 0.491 e. The van der Waals surface area contributed by atoms with Gasteiger partial charge in [-0.05, 0) is 0 Å². The van der Waals surface area contributed by atoms with Crippen LogP contribution in [0.15, 0.2) is 12.4 Å². The van der Waals surface area contributed by atoms with E-state index in [1.807, 2.05) is 0 Å². The molecular formula is C5H4F3N2O2+. The van der Waals surface area contributed by atoms with Crippen molar-refractivity contribution < 1.29 is 27.7 Å². The Kier molecular flexibility index (Phi) is 2.03. The Bertz CT molecular complexity index is 267. The monoisotopic (exact) mass is 181 g/mol. The van der Waals surface area contributed by atoms with Gasteiger partial charge >= 0.3 is 18.2 Å². The van der Waals surface area contributed by atoms with Crippen LogP contribution in [0.5, 0.6) is 6.01 Å². The Morgan fingerprint density at radius 3 is 2.67 bits per heavy atom. The van der Waals surface area contributed by atoms with Gasteiger partial charge in [0.2, 0.25) is 0 Å². The number of carbonyl (C=O) groups is 1. The van der Waals surface area contributed by atoms with Gasteiger partial charge in [-0.15, -0.1) is 0 Å². The molecule has 1 rings (SSSR count). The highest BCUT2D eigenvalue weighted by Gasteiger charge is 2.42.